The fraction of sp³-hybridized carbons (Fsp3) is 0.364. The van der Waals surface area contributed by atoms with E-state index in [-0.39, 0.29) is 5.91 Å². The fourth-order valence-electron chi connectivity index (χ4n) is 1.57. The van der Waals surface area contributed by atoms with E-state index < -0.39 is 0 Å². The molecule has 1 aliphatic carbocycles. The minimum atomic E-state index is 0.147. The van der Waals surface area contributed by atoms with Crippen molar-refractivity contribution in [1.29, 1.82) is 0 Å². The van der Waals surface area contributed by atoms with Crippen LogP contribution in [-0.2, 0) is 4.79 Å². The maximum absolute atomic E-state index is 11.4. The molecule has 1 aromatic rings. The molecule has 1 aromatic carbocycles. The summed E-state index contributed by atoms with van der Waals surface area (Å²) in [6.07, 6.45) is 2.29. The van der Waals surface area contributed by atoms with Crippen molar-refractivity contribution in [2.45, 2.75) is 25.8 Å². The smallest absolute Gasteiger partial charge is 0.224 e. The Morgan fingerprint density at radius 1 is 1.31 bits per heavy atom. The first-order valence-electron chi connectivity index (χ1n) is 4.64. The van der Waals surface area contributed by atoms with Gasteiger partial charge in [0.25, 0.3) is 0 Å². The van der Waals surface area contributed by atoms with Crippen LogP contribution in [0.15, 0.2) is 30.3 Å². The SMILES string of the molecule is CC(=O)N(c1ccccc1)C1CC1. The highest BCUT2D eigenvalue weighted by molar-refractivity contribution is 5.92. The molecule has 1 fully saturated rings. The van der Waals surface area contributed by atoms with Crippen LogP contribution < -0.4 is 4.90 Å². The second-order valence-corrected chi connectivity index (χ2v) is 3.46. The van der Waals surface area contributed by atoms with Crippen molar-refractivity contribution in [1.82, 2.24) is 0 Å². The van der Waals surface area contributed by atoms with Crippen molar-refractivity contribution in [3.05, 3.63) is 30.3 Å². The number of carbonyl (C=O) groups excluding carboxylic acids is 1. The van der Waals surface area contributed by atoms with Crippen molar-refractivity contribution >= 4 is 11.6 Å². The van der Waals surface area contributed by atoms with Gasteiger partial charge in [-0.3, -0.25) is 4.79 Å². The standard InChI is InChI=1S/C11H13NO/c1-9(13)12(11-7-8-11)10-5-3-2-4-6-10/h2-6,11H,7-8H2,1H3. The van der Waals surface area contributed by atoms with Gasteiger partial charge in [-0.05, 0) is 25.0 Å². The summed E-state index contributed by atoms with van der Waals surface area (Å²) >= 11 is 0. The number of carbonyl (C=O) groups is 1. The molecule has 0 radical (unpaired) electrons. The van der Waals surface area contributed by atoms with Gasteiger partial charge in [0, 0.05) is 18.7 Å². The molecule has 2 nitrogen and oxygen atoms in total. The Kier molecular flexibility index (Phi) is 2.05. The van der Waals surface area contributed by atoms with E-state index in [0.717, 1.165) is 18.5 Å². The lowest BCUT2D eigenvalue weighted by molar-refractivity contribution is -0.116. The van der Waals surface area contributed by atoms with Crippen LogP contribution in [0.25, 0.3) is 0 Å². The Morgan fingerprint density at radius 2 is 1.92 bits per heavy atom. The number of hydrogen-bond acceptors (Lipinski definition) is 1. The third-order valence-electron chi connectivity index (χ3n) is 2.29. The quantitative estimate of drug-likeness (QED) is 0.674. The van der Waals surface area contributed by atoms with Gasteiger partial charge in [-0.15, -0.1) is 0 Å². The van der Waals surface area contributed by atoms with Gasteiger partial charge in [0.05, 0.1) is 0 Å². The molecule has 0 heterocycles. The number of benzene rings is 1. The van der Waals surface area contributed by atoms with Gasteiger partial charge in [0.2, 0.25) is 5.91 Å². The summed E-state index contributed by atoms with van der Waals surface area (Å²) in [5.41, 5.74) is 1.03. The number of hydrogen-bond donors (Lipinski definition) is 0. The second-order valence-electron chi connectivity index (χ2n) is 3.46. The Morgan fingerprint density at radius 3 is 2.38 bits per heavy atom. The van der Waals surface area contributed by atoms with Crippen molar-refractivity contribution in [3.63, 3.8) is 0 Å². The van der Waals surface area contributed by atoms with Crippen LogP contribution >= 0.6 is 0 Å². The maximum atomic E-state index is 11.4. The predicted molar refractivity (Wildman–Crippen MR) is 52.6 cm³/mol. The molecule has 68 valence electrons. The first kappa shape index (κ1) is 8.30. The summed E-state index contributed by atoms with van der Waals surface area (Å²) in [5, 5.41) is 0. The Hall–Kier alpha value is -1.31. The van der Waals surface area contributed by atoms with E-state index in [2.05, 4.69) is 0 Å². The van der Waals surface area contributed by atoms with E-state index in [1.807, 2.05) is 35.2 Å². The summed E-state index contributed by atoms with van der Waals surface area (Å²) in [5.74, 6) is 0.147. The zero-order chi connectivity index (χ0) is 9.26. The average molecular weight is 175 g/mol. The summed E-state index contributed by atoms with van der Waals surface area (Å²) in [4.78, 5) is 13.2. The van der Waals surface area contributed by atoms with Crippen molar-refractivity contribution in [2.75, 3.05) is 4.90 Å². The largest absolute Gasteiger partial charge is 0.310 e. The van der Waals surface area contributed by atoms with Crippen LogP contribution in [0.1, 0.15) is 19.8 Å². The monoisotopic (exact) mass is 175 g/mol. The Labute approximate surface area is 78.2 Å². The Balaban J connectivity index is 2.25. The number of para-hydroxylation sites is 1. The molecule has 0 bridgehead atoms. The topological polar surface area (TPSA) is 20.3 Å². The molecule has 2 heteroatoms. The van der Waals surface area contributed by atoms with Gasteiger partial charge in [-0.1, -0.05) is 18.2 Å². The maximum Gasteiger partial charge on any atom is 0.224 e. The first-order chi connectivity index (χ1) is 6.29. The molecule has 1 amide bonds. The molecule has 2 rings (SSSR count). The normalized spacial score (nSPS) is 15.5. The summed E-state index contributed by atoms with van der Waals surface area (Å²) in [6, 6.07) is 10.3. The van der Waals surface area contributed by atoms with Crippen LogP contribution in [0.4, 0.5) is 5.69 Å². The minimum absolute atomic E-state index is 0.147. The van der Waals surface area contributed by atoms with Crippen LogP contribution in [0.5, 0.6) is 0 Å². The fourth-order valence-corrected chi connectivity index (χ4v) is 1.57. The highest BCUT2D eigenvalue weighted by Crippen LogP contribution is 2.31. The second kappa shape index (κ2) is 3.21. The third kappa shape index (κ3) is 1.72. The molecule has 0 saturated heterocycles. The van der Waals surface area contributed by atoms with Gasteiger partial charge >= 0.3 is 0 Å². The highest BCUT2D eigenvalue weighted by atomic mass is 16.2. The van der Waals surface area contributed by atoms with Crippen LogP contribution in [0.2, 0.25) is 0 Å². The van der Waals surface area contributed by atoms with E-state index >= 15 is 0 Å². The molecule has 0 atom stereocenters. The molecule has 0 aromatic heterocycles. The van der Waals surface area contributed by atoms with Crippen LogP contribution in [-0.4, -0.2) is 11.9 Å². The summed E-state index contributed by atoms with van der Waals surface area (Å²) < 4.78 is 0. The highest BCUT2D eigenvalue weighted by Gasteiger charge is 2.31. The lowest BCUT2D eigenvalue weighted by Gasteiger charge is -2.20. The van der Waals surface area contributed by atoms with Crippen molar-refractivity contribution in [2.24, 2.45) is 0 Å². The minimum Gasteiger partial charge on any atom is -0.310 e. The zero-order valence-electron chi connectivity index (χ0n) is 7.73. The van der Waals surface area contributed by atoms with E-state index in [9.17, 15) is 4.79 Å². The van der Waals surface area contributed by atoms with Gasteiger partial charge in [0.15, 0.2) is 0 Å². The van der Waals surface area contributed by atoms with Crippen LogP contribution in [0.3, 0.4) is 0 Å². The average Bonchev–Trinajstić information content (AvgIpc) is 2.90. The number of amides is 1. The van der Waals surface area contributed by atoms with E-state index in [0.29, 0.717) is 6.04 Å². The third-order valence-corrected chi connectivity index (χ3v) is 2.29. The summed E-state index contributed by atoms with van der Waals surface area (Å²) in [7, 11) is 0. The molecular weight excluding hydrogens is 162 g/mol. The molecule has 13 heavy (non-hydrogen) atoms. The molecule has 0 aliphatic heterocycles. The first-order valence-corrected chi connectivity index (χ1v) is 4.64. The molecule has 0 unspecified atom stereocenters. The van der Waals surface area contributed by atoms with E-state index in [1.54, 1.807) is 6.92 Å². The Bertz CT molecular complexity index is 303. The molecule has 1 aliphatic rings. The zero-order valence-corrected chi connectivity index (χ0v) is 7.73. The van der Waals surface area contributed by atoms with Gasteiger partial charge in [0.1, 0.15) is 0 Å². The number of rotatable bonds is 2. The molecular formula is C11H13NO. The van der Waals surface area contributed by atoms with Gasteiger partial charge in [-0.25, -0.2) is 0 Å². The molecule has 0 spiro atoms. The van der Waals surface area contributed by atoms with E-state index in [1.165, 1.54) is 0 Å². The lowest BCUT2D eigenvalue weighted by atomic mass is 10.3. The van der Waals surface area contributed by atoms with Crippen LogP contribution in [0, 0.1) is 0 Å². The number of nitrogens with zero attached hydrogens (tertiary/aromatic N) is 1. The van der Waals surface area contributed by atoms with E-state index in [4.69, 9.17) is 0 Å². The number of anilines is 1. The van der Waals surface area contributed by atoms with Gasteiger partial charge < -0.3 is 4.90 Å². The summed E-state index contributed by atoms with van der Waals surface area (Å²) in [6.45, 7) is 1.63. The van der Waals surface area contributed by atoms with Crippen molar-refractivity contribution < 1.29 is 4.79 Å². The van der Waals surface area contributed by atoms with Crippen molar-refractivity contribution in [3.8, 4) is 0 Å². The van der Waals surface area contributed by atoms with Gasteiger partial charge in [-0.2, -0.15) is 0 Å². The molecule has 1 saturated carbocycles. The lowest BCUT2D eigenvalue weighted by Crippen LogP contribution is -2.30. The molecule has 0 N–H and O–H groups in total. The predicted octanol–water partition coefficient (Wildman–Crippen LogP) is 2.20.